The fourth-order valence-corrected chi connectivity index (χ4v) is 12.3. The highest BCUT2D eigenvalue weighted by Gasteiger charge is 2.72. The third kappa shape index (κ3) is 7.51. The lowest BCUT2D eigenvalue weighted by molar-refractivity contribution is -0.126. The molecule has 2 saturated heterocycles. The zero-order valence-electron chi connectivity index (χ0n) is 36.4. The van der Waals surface area contributed by atoms with Crippen LogP contribution in [-0.2, 0) is 26.3 Å². The van der Waals surface area contributed by atoms with E-state index in [-0.39, 0.29) is 40.3 Å². The molecule has 0 aromatic heterocycles. The Hall–Kier alpha value is -5.82. The maximum atomic E-state index is 16.3. The number of hydrogen-bond acceptors (Lipinski definition) is 6. The van der Waals surface area contributed by atoms with Gasteiger partial charge < -0.3 is 26.2 Å². The number of nitrogens with one attached hydrogen (secondary N) is 5. The van der Waals surface area contributed by atoms with Crippen molar-refractivity contribution >= 4 is 70.2 Å². The highest BCUT2D eigenvalue weighted by atomic mass is 35.5. The van der Waals surface area contributed by atoms with Gasteiger partial charge in [0.2, 0.25) is 17.7 Å². The monoisotopic (exact) mass is 928 g/mol. The van der Waals surface area contributed by atoms with Gasteiger partial charge in [-0.2, -0.15) is 0 Å². The number of carbonyl (C=O) groups excluding carboxylic acids is 5. The Morgan fingerprint density at radius 3 is 2.39 bits per heavy atom. The predicted molar refractivity (Wildman–Crippen MR) is 253 cm³/mol. The molecule has 0 radical (unpaired) electrons. The summed E-state index contributed by atoms with van der Waals surface area (Å²) in [4.78, 5) is 70.5. The second-order valence-corrected chi connectivity index (χ2v) is 19.6. The van der Waals surface area contributed by atoms with Crippen LogP contribution in [0.1, 0.15) is 120 Å². The van der Waals surface area contributed by atoms with Gasteiger partial charge in [-0.1, -0.05) is 91.5 Å². The molecular weight excluding hydrogens is 879 g/mol. The van der Waals surface area contributed by atoms with Crippen molar-refractivity contribution in [3.8, 4) is 0 Å². The van der Waals surface area contributed by atoms with E-state index in [1.165, 1.54) is 6.07 Å². The molecule has 6 aliphatic rings. The van der Waals surface area contributed by atoms with E-state index in [0.717, 1.165) is 56.1 Å². The SMILES string of the molecule is C=C1CCC(N2Cc3c(/C=C\C4CCC(NC(=O)c5ccc(NC(=O)[C@@H]6NC7(CCCCC7)[C@@]7(C(=O)Nc8cc(Cl)ccc87)[C@H]6c6cccc(Cl)c6F)cc5)CC4)cccc3C2=O)C(=O)N1. The number of piperidine rings is 1. The second kappa shape index (κ2) is 17.4. The van der Waals surface area contributed by atoms with E-state index in [9.17, 15) is 24.0 Å². The fraction of sp³-hybridized carbons (Fsp3) is 0.365. The first kappa shape index (κ1) is 44.0. The Morgan fingerprint density at radius 2 is 1.64 bits per heavy atom. The molecule has 2 aliphatic carbocycles. The van der Waals surface area contributed by atoms with E-state index in [1.807, 2.05) is 24.3 Å². The molecule has 1 unspecified atom stereocenters. The normalized spacial score (nSPS) is 26.7. The number of halogens is 3. The molecule has 2 saturated carbocycles. The van der Waals surface area contributed by atoms with Crippen LogP contribution in [0, 0.1) is 11.7 Å². The van der Waals surface area contributed by atoms with Crippen molar-refractivity contribution in [3.05, 3.63) is 146 Å². The van der Waals surface area contributed by atoms with E-state index in [4.69, 9.17) is 23.2 Å². The molecule has 4 atom stereocenters. The molecule has 2 spiro atoms. The van der Waals surface area contributed by atoms with Gasteiger partial charge in [0.1, 0.15) is 17.3 Å². The average Bonchev–Trinajstić information content (AvgIpc) is 3.91. The fourth-order valence-electron chi connectivity index (χ4n) is 12.0. The van der Waals surface area contributed by atoms with E-state index >= 15 is 4.39 Å². The highest BCUT2D eigenvalue weighted by Crippen LogP contribution is 2.63. The number of allylic oxidation sites excluding steroid dienone is 2. The molecule has 10 rings (SSSR count). The molecule has 4 aromatic rings. The van der Waals surface area contributed by atoms with Crippen molar-refractivity contribution in [1.29, 1.82) is 0 Å². The van der Waals surface area contributed by atoms with Gasteiger partial charge >= 0.3 is 0 Å². The number of anilines is 2. The summed E-state index contributed by atoms with van der Waals surface area (Å²) >= 11 is 12.8. The first-order valence-corrected chi connectivity index (χ1v) is 23.8. The van der Waals surface area contributed by atoms with Gasteiger partial charge in [-0.05, 0) is 128 Å². The number of rotatable bonds is 8. The number of hydrogen-bond donors (Lipinski definition) is 5. The summed E-state index contributed by atoms with van der Waals surface area (Å²) < 4.78 is 16.3. The van der Waals surface area contributed by atoms with E-state index in [1.54, 1.807) is 53.4 Å². The lowest BCUT2D eigenvalue weighted by Crippen LogP contribution is -2.60. The molecule has 5 amide bonds. The van der Waals surface area contributed by atoms with Crippen LogP contribution in [0.2, 0.25) is 10.0 Å². The van der Waals surface area contributed by atoms with Crippen molar-refractivity contribution in [2.45, 2.75) is 112 Å². The summed E-state index contributed by atoms with van der Waals surface area (Å²) in [5.41, 5.74) is 3.31. The Morgan fingerprint density at radius 1 is 0.879 bits per heavy atom. The summed E-state index contributed by atoms with van der Waals surface area (Å²) in [5.74, 6) is -2.60. The van der Waals surface area contributed by atoms with E-state index in [0.29, 0.717) is 76.9 Å². The second-order valence-electron chi connectivity index (χ2n) is 18.8. The minimum absolute atomic E-state index is 0.00275. The van der Waals surface area contributed by atoms with Crippen molar-refractivity contribution in [2.75, 3.05) is 10.6 Å². The molecule has 4 fully saturated rings. The predicted octanol–water partition coefficient (Wildman–Crippen LogP) is 9.17. The van der Waals surface area contributed by atoms with Crippen LogP contribution in [-0.4, -0.2) is 58.1 Å². The van der Waals surface area contributed by atoms with E-state index in [2.05, 4.69) is 45.3 Å². The Kier molecular flexibility index (Phi) is 11.6. The molecule has 340 valence electrons. The average molecular weight is 930 g/mol. The van der Waals surface area contributed by atoms with Gasteiger partial charge in [0, 0.05) is 57.3 Å². The third-order valence-electron chi connectivity index (χ3n) is 15.1. The van der Waals surface area contributed by atoms with Crippen molar-refractivity contribution < 1.29 is 28.4 Å². The van der Waals surface area contributed by atoms with Crippen LogP contribution in [0.5, 0.6) is 0 Å². The molecule has 11 nitrogen and oxygen atoms in total. The largest absolute Gasteiger partial charge is 0.349 e. The van der Waals surface area contributed by atoms with E-state index < -0.39 is 40.7 Å². The molecule has 4 heterocycles. The van der Waals surface area contributed by atoms with Crippen LogP contribution >= 0.6 is 23.2 Å². The Bertz CT molecular complexity index is 2710. The van der Waals surface area contributed by atoms with Crippen LogP contribution in [0.25, 0.3) is 6.08 Å². The van der Waals surface area contributed by atoms with Crippen LogP contribution in [0.3, 0.4) is 0 Å². The number of carbonyl (C=O) groups is 5. The summed E-state index contributed by atoms with van der Waals surface area (Å²) in [7, 11) is 0. The number of nitrogens with zero attached hydrogens (tertiary/aromatic N) is 1. The summed E-state index contributed by atoms with van der Waals surface area (Å²) in [6.07, 6.45) is 12.7. The van der Waals surface area contributed by atoms with Gasteiger partial charge in [0.25, 0.3) is 11.8 Å². The molecule has 4 aromatic carbocycles. The van der Waals surface area contributed by atoms with Crippen molar-refractivity contribution in [2.24, 2.45) is 5.92 Å². The number of fused-ring (bicyclic) bond motifs is 4. The molecule has 4 aliphatic heterocycles. The molecular formula is C52H51Cl2FN6O5. The van der Waals surface area contributed by atoms with Gasteiger partial charge in [-0.3, -0.25) is 29.3 Å². The summed E-state index contributed by atoms with van der Waals surface area (Å²) in [6.45, 7) is 4.25. The minimum Gasteiger partial charge on any atom is -0.349 e. The lowest BCUT2D eigenvalue weighted by atomic mass is 9.55. The highest BCUT2D eigenvalue weighted by molar-refractivity contribution is 6.31. The molecule has 66 heavy (non-hydrogen) atoms. The molecule has 0 bridgehead atoms. The van der Waals surface area contributed by atoms with Gasteiger partial charge in [0.05, 0.1) is 11.1 Å². The first-order valence-electron chi connectivity index (χ1n) is 23.0. The van der Waals surface area contributed by atoms with Crippen LogP contribution in [0.15, 0.2) is 97.2 Å². The minimum atomic E-state index is -1.35. The van der Waals surface area contributed by atoms with Gasteiger partial charge in [-0.15, -0.1) is 0 Å². The standard InChI is InChI=1S/C52H51Cl2FN6O5/c1-29-11-24-42(47(63)56-29)61-28-38-31(7-5-8-36(38)49(61)65)15-12-30-13-19-34(20-14-30)57-46(62)32-16-21-35(22-17-32)58-48(64)45-43(37-9-6-10-40(54)44(37)55)52(51(60-45)25-3-2-4-26-51)39-23-18-33(53)27-41(39)59-50(52)66/h5-10,12,15-18,21-23,27,30,34,42-43,45,60H,1-4,11,13-14,19-20,24-26,28H2,(H,56,63)(H,57,62)(H,58,64)(H,59,66)/b15-12-/t30?,34?,42?,43-,45+,52+/m0/s1. The van der Waals surface area contributed by atoms with Gasteiger partial charge in [0.15, 0.2) is 0 Å². The number of amides is 5. The maximum absolute atomic E-state index is 16.3. The topological polar surface area (TPSA) is 149 Å². The maximum Gasteiger partial charge on any atom is 0.255 e. The summed E-state index contributed by atoms with van der Waals surface area (Å²) in [6, 6.07) is 20.9. The Labute approximate surface area is 392 Å². The number of benzene rings is 4. The smallest absolute Gasteiger partial charge is 0.255 e. The van der Waals surface area contributed by atoms with Gasteiger partial charge in [-0.25, -0.2) is 4.39 Å². The zero-order chi connectivity index (χ0) is 45.9. The van der Waals surface area contributed by atoms with Crippen molar-refractivity contribution in [1.82, 2.24) is 20.9 Å². The van der Waals surface area contributed by atoms with Crippen LogP contribution < -0.4 is 26.6 Å². The zero-order valence-corrected chi connectivity index (χ0v) is 37.9. The van der Waals surface area contributed by atoms with Crippen LogP contribution in [0.4, 0.5) is 15.8 Å². The Balaban J connectivity index is 0.800. The third-order valence-corrected chi connectivity index (χ3v) is 15.6. The van der Waals surface area contributed by atoms with Crippen molar-refractivity contribution in [3.63, 3.8) is 0 Å². The molecule has 5 N–H and O–H groups in total. The summed E-state index contributed by atoms with van der Waals surface area (Å²) in [5, 5.41) is 16.1. The lowest BCUT2D eigenvalue weighted by Gasteiger charge is -2.47. The first-order chi connectivity index (χ1) is 31.9. The molecule has 14 heteroatoms. The quantitative estimate of drug-likeness (QED) is 0.119.